The Morgan fingerprint density at radius 2 is 1.60 bits per heavy atom. The quantitative estimate of drug-likeness (QED) is 0.568. The van der Waals surface area contributed by atoms with Gasteiger partial charge in [0.15, 0.2) is 0 Å². The van der Waals surface area contributed by atoms with E-state index in [1.165, 1.54) is 0 Å². The van der Waals surface area contributed by atoms with Crippen molar-refractivity contribution >= 4 is 0 Å². The predicted molar refractivity (Wildman–Crippen MR) is 61.8 cm³/mol. The second-order valence-corrected chi connectivity index (χ2v) is 6.16. The summed E-state index contributed by atoms with van der Waals surface area (Å²) < 4.78 is 0. The zero-order valence-corrected chi connectivity index (χ0v) is 10.9. The average molecular weight is 215 g/mol. The third kappa shape index (κ3) is 2.52. The van der Waals surface area contributed by atoms with Crippen LogP contribution in [0.25, 0.3) is 0 Å². The molecular formula is C12H25NO2. The smallest absolute Gasteiger partial charge is 0.0928 e. The van der Waals surface area contributed by atoms with E-state index < -0.39 is 0 Å². The Morgan fingerprint density at radius 3 is 1.93 bits per heavy atom. The minimum atomic E-state index is -0.0720. The summed E-state index contributed by atoms with van der Waals surface area (Å²) in [4.78, 5) is 6.92. The van der Waals surface area contributed by atoms with Gasteiger partial charge in [-0.05, 0) is 60.4 Å². The lowest BCUT2D eigenvalue weighted by molar-refractivity contribution is -0.292. The molecular weight excluding hydrogens is 190 g/mol. The van der Waals surface area contributed by atoms with Crippen LogP contribution >= 0.6 is 0 Å². The summed E-state index contributed by atoms with van der Waals surface area (Å²) >= 11 is 0. The standard InChI is InChI=1S/C12H25NO2/c1-9(15-14)10-7-11(2,3)13(6)12(4,5)8-10/h9-10,14H,7-8H2,1-6H3. The fourth-order valence-corrected chi connectivity index (χ4v) is 2.87. The second kappa shape index (κ2) is 4.04. The number of nitrogens with zero attached hydrogens (tertiary/aromatic N) is 1. The largest absolute Gasteiger partial charge is 0.296 e. The molecule has 1 aliphatic rings. The van der Waals surface area contributed by atoms with Gasteiger partial charge in [0.1, 0.15) is 0 Å². The summed E-state index contributed by atoms with van der Waals surface area (Å²) in [6, 6.07) is 0. The molecule has 3 nitrogen and oxygen atoms in total. The summed E-state index contributed by atoms with van der Waals surface area (Å²) in [5, 5.41) is 8.78. The molecule has 1 heterocycles. The van der Waals surface area contributed by atoms with Crippen LogP contribution in [0.15, 0.2) is 0 Å². The first kappa shape index (κ1) is 12.9. The van der Waals surface area contributed by atoms with Crippen molar-refractivity contribution in [3.05, 3.63) is 0 Å². The number of likely N-dealkylation sites (tertiary alicyclic amines) is 1. The molecule has 3 heteroatoms. The highest BCUT2D eigenvalue weighted by Gasteiger charge is 2.44. The molecule has 0 bridgehead atoms. The molecule has 0 aromatic carbocycles. The third-order valence-corrected chi connectivity index (χ3v) is 4.17. The normalized spacial score (nSPS) is 29.0. The van der Waals surface area contributed by atoms with Crippen molar-refractivity contribution < 1.29 is 10.1 Å². The zero-order chi connectivity index (χ0) is 11.9. The summed E-state index contributed by atoms with van der Waals surface area (Å²) in [7, 11) is 2.18. The van der Waals surface area contributed by atoms with Gasteiger partial charge in [-0.25, -0.2) is 4.89 Å². The molecule has 0 saturated carbocycles. The average Bonchev–Trinajstić information content (AvgIpc) is 2.11. The van der Waals surface area contributed by atoms with Crippen molar-refractivity contribution in [1.29, 1.82) is 0 Å². The zero-order valence-electron chi connectivity index (χ0n) is 10.9. The van der Waals surface area contributed by atoms with Gasteiger partial charge in [-0.1, -0.05) is 0 Å². The Balaban J connectivity index is 2.84. The summed E-state index contributed by atoms with van der Waals surface area (Å²) in [6.07, 6.45) is 2.06. The predicted octanol–water partition coefficient (Wildman–Crippen LogP) is 2.76. The van der Waals surface area contributed by atoms with Crippen molar-refractivity contribution in [2.75, 3.05) is 7.05 Å². The monoisotopic (exact) mass is 215 g/mol. The van der Waals surface area contributed by atoms with Crippen molar-refractivity contribution in [3.63, 3.8) is 0 Å². The van der Waals surface area contributed by atoms with Gasteiger partial charge in [0, 0.05) is 11.1 Å². The summed E-state index contributed by atoms with van der Waals surface area (Å²) in [6.45, 7) is 11.0. The van der Waals surface area contributed by atoms with Crippen LogP contribution < -0.4 is 0 Å². The molecule has 1 N–H and O–H groups in total. The number of rotatable bonds is 2. The molecule has 1 fully saturated rings. The highest BCUT2D eigenvalue weighted by molar-refractivity contribution is 4.99. The van der Waals surface area contributed by atoms with E-state index in [1.54, 1.807) is 0 Å². The lowest BCUT2D eigenvalue weighted by Gasteiger charge is -2.54. The van der Waals surface area contributed by atoms with E-state index in [1.807, 2.05) is 6.92 Å². The maximum Gasteiger partial charge on any atom is 0.0928 e. The molecule has 0 aliphatic carbocycles. The van der Waals surface area contributed by atoms with Gasteiger partial charge < -0.3 is 0 Å². The first-order chi connectivity index (χ1) is 6.70. The lowest BCUT2D eigenvalue weighted by Crippen LogP contribution is -2.59. The van der Waals surface area contributed by atoms with E-state index in [2.05, 4.69) is 44.5 Å². The fourth-order valence-electron chi connectivity index (χ4n) is 2.87. The van der Waals surface area contributed by atoms with Crippen LogP contribution in [0.3, 0.4) is 0 Å². The van der Waals surface area contributed by atoms with E-state index in [-0.39, 0.29) is 17.2 Å². The number of hydrogen-bond donors (Lipinski definition) is 1. The maximum absolute atomic E-state index is 8.78. The van der Waals surface area contributed by atoms with E-state index >= 15 is 0 Å². The van der Waals surface area contributed by atoms with Crippen molar-refractivity contribution in [2.24, 2.45) is 5.92 Å². The molecule has 0 aromatic heterocycles. The van der Waals surface area contributed by atoms with Gasteiger partial charge in [0.05, 0.1) is 6.10 Å². The van der Waals surface area contributed by atoms with Gasteiger partial charge in [-0.3, -0.25) is 10.2 Å². The van der Waals surface area contributed by atoms with Gasteiger partial charge >= 0.3 is 0 Å². The van der Waals surface area contributed by atoms with Gasteiger partial charge in [0.25, 0.3) is 0 Å². The minimum Gasteiger partial charge on any atom is -0.296 e. The highest BCUT2D eigenvalue weighted by atomic mass is 17.1. The molecule has 0 spiro atoms. The van der Waals surface area contributed by atoms with Crippen LogP contribution in [-0.2, 0) is 4.89 Å². The van der Waals surface area contributed by atoms with E-state index in [0.717, 1.165) is 12.8 Å². The third-order valence-electron chi connectivity index (χ3n) is 4.17. The molecule has 1 rings (SSSR count). The molecule has 1 saturated heterocycles. The lowest BCUT2D eigenvalue weighted by atomic mass is 9.72. The Labute approximate surface area is 93.3 Å². The Morgan fingerprint density at radius 1 is 1.20 bits per heavy atom. The Hall–Kier alpha value is -0.120. The fraction of sp³-hybridized carbons (Fsp3) is 1.00. The van der Waals surface area contributed by atoms with E-state index in [9.17, 15) is 0 Å². The Kier molecular flexibility index (Phi) is 3.49. The number of hydrogen-bond acceptors (Lipinski definition) is 3. The topological polar surface area (TPSA) is 32.7 Å². The molecule has 90 valence electrons. The van der Waals surface area contributed by atoms with Crippen LogP contribution in [0.1, 0.15) is 47.5 Å². The van der Waals surface area contributed by atoms with E-state index in [0.29, 0.717) is 5.92 Å². The molecule has 0 amide bonds. The highest BCUT2D eigenvalue weighted by Crippen LogP contribution is 2.41. The first-order valence-corrected chi connectivity index (χ1v) is 5.75. The summed E-state index contributed by atoms with van der Waals surface area (Å²) in [5.41, 5.74) is 0.332. The summed E-state index contributed by atoms with van der Waals surface area (Å²) in [5.74, 6) is 0.427. The van der Waals surface area contributed by atoms with Gasteiger partial charge in [0.2, 0.25) is 0 Å². The maximum atomic E-state index is 8.78. The molecule has 1 aliphatic heterocycles. The molecule has 0 radical (unpaired) electrons. The van der Waals surface area contributed by atoms with Crippen molar-refractivity contribution in [2.45, 2.75) is 64.6 Å². The van der Waals surface area contributed by atoms with Crippen LogP contribution in [0.4, 0.5) is 0 Å². The first-order valence-electron chi connectivity index (χ1n) is 5.75. The molecule has 15 heavy (non-hydrogen) atoms. The number of piperidine rings is 1. The molecule has 1 unspecified atom stereocenters. The Bertz CT molecular complexity index is 208. The van der Waals surface area contributed by atoms with Crippen molar-refractivity contribution in [3.8, 4) is 0 Å². The van der Waals surface area contributed by atoms with Gasteiger partial charge in [-0.15, -0.1) is 0 Å². The SMILES string of the molecule is CC(OO)C1CC(C)(C)N(C)C(C)(C)C1. The van der Waals surface area contributed by atoms with E-state index in [4.69, 9.17) is 5.26 Å². The van der Waals surface area contributed by atoms with Crippen LogP contribution in [0.5, 0.6) is 0 Å². The second-order valence-electron chi connectivity index (χ2n) is 6.16. The molecule has 0 aromatic rings. The minimum absolute atomic E-state index is 0.0720. The molecule has 1 atom stereocenters. The van der Waals surface area contributed by atoms with Crippen LogP contribution in [-0.4, -0.2) is 34.4 Å². The van der Waals surface area contributed by atoms with Gasteiger partial charge in [-0.2, -0.15) is 0 Å². The van der Waals surface area contributed by atoms with Crippen LogP contribution in [0, 0.1) is 5.92 Å². The van der Waals surface area contributed by atoms with Crippen molar-refractivity contribution in [1.82, 2.24) is 4.90 Å². The van der Waals surface area contributed by atoms with Crippen LogP contribution in [0.2, 0.25) is 0 Å².